The first kappa shape index (κ1) is 10.5. The van der Waals surface area contributed by atoms with E-state index in [1.807, 2.05) is 0 Å². The van der Waals surface area contributed by atoms with Gasteiger partial charge in [0.2, 0.25) is 5.90 Å². The molecule has 0 bridgehead atoms. The van der Waals surface area contributed by atoms with Crippen LogP contribution >= 0.6 is 0 Å². The lowest BCUT2D eigenvalue weighted by atomic mass is 10.1. The average molecular weight is 195 g/mol. The van der Waals surface area contributed by atoms with E-state index >= 15 is 0 Å². The molecule has 0 radical (unpaired) electrons. The third kappa shape index (κ3) is 2.03. The largest absolute Gasteiger partial charge is 0.496 e. The van der Waals surface area contributed by atoms with Crippen LogP contribution in [0.3, 0.4) is 0 Å². The molecular formula is C10H13NO3. The Morgan fingerprint density at radius 2 is 2.00 bits per heavy atom. The zero-order valence-electron chi connectivity index (χ0n) is 8.15. The van der Waals surface area contributed by atoms with Crippen LogP contribution in [0, 0.1) is 5.41 Å². The van der Waals surface area contributed by atoms with Gasteiger partial charge >= 0.3 is 0 Å². The van der Waals surface area contributed by atoms with Gasteiger partial charge in [-0.05, 0) is 6.07 Å². The summed E-state index contributed by atoms with van der Waals surface area (Å²) in [5.41, 5.74) is 0.529. The van der Waals surface area contributed by atoms with E-state index in [0.717, 1.165) is 0 Å². The highest BCUT2D eigenvalue weighted by molar-refractivity contribution is 5.79. The van der Waals surface area contributed by atoms with Gasteiger partial charge in [0.1, 0.15) is 5.75 Å². The number of hydrogen-bond donors (Lipinski definition) is 2. The van der Waals surface area contributed by atoms with Crippen molar-refractivity contribution >= 4 is 5.90 Å². The Bertz CT molecular complexity index is 325. The summed E-state index contributed by atoms with van der Waals surface area (Å²) in [6.07, 6.45) is -1.07. The number of ether oxygens (including phenoxy) is 2. The number of hydrogen-bond acceptors (Lipinski definition) is 4. The molecule has 0 unspecified atom stereocenters. The summed E-state index contributed by atoms with van der Waals surface area (Å²) in [6.45, 7) is 0. The second-order valence-electron chi connectivity index (χ2n) is 2.71. The zero-order chi connectivity index (χ0) is 10.6. The number of para-hydroxylation sites is 1. The van der Waals surface area contributed by atoms with Crippen molar-refractivity contribution in [3.63, 3.8) is 0 Å². The fourth-order valence-corrected chi connectivity index (χ4v) is 1.15. The lowest BCUT2D eigenvalue weighted by Gasteiger charge is -2.14. The topological polar surface area (TPSA) is 62.5 Å². The van der Waals surface area contributed by atoms with Crippen LogP contribution in [0.4, 0.5) is 0 Å². The average Bonchev–Trinajstić information content (AvgIpc) is 2.26. The lowest BCUT2D eigenvalue weighted by molar-refractivity contribution is 0.201. The van der Waals surface area contributed by atoms with E-state index in [1.54, 1.807) is 24.3 Å². The maximum Gasteiger partial charge on any atom is 0.214 e. The van der Waals surface area contributed by atoms with Gasteiger partial charge in [-0.1, -0.05) is 18.2 Å². The Morgan fingerprint density at radius 1 is 1.36 bits per heavy atom. The van der Waals surface area contributed by atoms with Gasteiger partial charge in [-0.3, -0.25) is 5.41 Å². The predicted octanol–water partition coefficient (Wildman–Crippen LogP) is 1.35. The van der Waals surface area contributed by atoms with Gasteiger partial charge in [0.25, 0.3) is 0 Å². The summed E-state index contributed by atoms with van der Waals surface area (Å²) >= 11 is 0. The Morgan fingerprint density at radius 3 is 2.57 bits per heavy atom. The van der Waals surface area contributed by atoms with Crippen molar-refractivity contribution in [2.75, 3.05) is 14.2 Å². The van der Waals surface area contributed by atoms with Gasteiger partial charge in [-0.2, -0.15) is 0 Å². The third-order valence-electron chi connectivity index (χ3n) is 1.90. The van der Waals surface area contributed by atoms with Gasteiger partial charge in [0, 0.05) is 5.56 Å². The zero-order valence-corrected chi connectivity index (χ0v) is 8.15. The van der Waals surface area contributed by atoms with Gasteiger partial charge in [-0.25, -0.2) is 0 Å². The maximum atomic E-state index is 9.67. The van der Waals surface area contributed by atoms with Crippen molar-refractivity contribution in [1.82, 2.24) is 0 Å². The van der Waals surface area contributed by atoms with Crippen molar-refractivity contribution in [3.05, 3.63) is 29.8 Å². The molecule has 2 N–H and O–H groups in total. The summed E-state index contributed by atoms with van der Waals surface area (Å²) in [4.78, 5) is 0. The van der Waals surface area contributed by atoms with Crippen LogP contribution in [0.25, 0.3) is 0 Å². The third-order valence-corrected chi connectivity index (χ3v) is 1.90. The SMILES string of the molecule is COC(=N)[C@@H](O)c1ccccc1OC. The number of aliphatic hydroxyl groups is 1. The standard InChI is InChI=1S/C10H13NO3/c1-13-8-6-4-3-5-7(8)9(12)10(11)14-2/h3-6,9,11-12H,1-2H3/t9-/m0/s1. The molecule has 4 heteroatoms. The predicted molar refractivity (Wildman–Crippen MR) is 52.7 cm³/mol. The first-order chi connectivity index (χ1) is 6.70. The molecule has 0 spiro atoms. The molecule has 0 fully saturated rings. The Balaban J connectivity index is 2.99. The molecule has 1 atom stereocenters. The molecule has 0 amide bonds. The van der Waals surface area contributed by atoms with Crippen molar-refractivity contribution < 1.29 is 14.6 Å². The van der Waals surface area contributed by atoms with E-state index in [4.69, 9.17) is 10.1 Å². The Hall–Kier alpha value is -1.55. The summed E-state index contributed by atoms with van der Waals surface area (Å²) in [5, 5.41) is 17.0. The molecule has 1 aromatic carbocycles. The monoisotopic (exact) mass is 195 g/mol. The van der Waals surface area contributed by atoms with Crippen LogP contribution in [0.1, 0.15) is 11.7 Å². The van der Waals surface area contributed by atoms with Crippen LogP contribution in [-0.4, -0.2) is 25.2 Å². The Labute approximate surface area is 82.6 Å². The summed E-state index contributed by atoms with van der Waals surface area (Å²) < 4.78 is 9.69. The molecule has 0 aliphatic rings. The summed E-state index contributed by atoms with van der Waals surface area (Å²) in [7, 11) is 2.86. The van der Waals surface area contributed by atoms with Crippen molar-refractivity contribution in [2.45, 2.75) is 6.10 Å². The van der Waals surface area contributed by atoms with Gasteiger partial charge < -0.3 is 14.6 Å². The highest BCUT2D eigenvalue weighted by Crippen LogP contribution is 2.25. The van der Waals surface area contributed by atoms with Crippen LogP contribution in [0.2, 0.25) is 0 Å². The van der Waals surface area contributed by atoms with Crippen LogP contribution < -0.4 is 4.74 Å². The first-order valence-electron chi connectivity index (χ1n) is 4.14. The smallest absolute Gasteiger partial charge is 0.214 e. The van der Waals surface area contributed by atoms with Crippen molar-refractivity contribution in [2.24, 2.45) is 0 Å². The number of methoxy groups -OCH3 is 2. The van der Waals surface area contributed by atoms with E-state index in [2.05, 4.69) is 4.74 Å². The van der Waals surface area contributed by atoms with Crippen LogP contribution in [0.15, 0.2) is 24.3 Å². The Kier molecular flexibility index (Phi) is 3.48. The minimum atomic E-state index is -1.07. The minimum Gasteiger partial charge on any atom is -0.496 e. The molecule has 0 heterocycles. The summed E-state index contributed by atoms with van der Waals surface area (Å²) in [6, 6.07) is 6.98. The fourth-order valence-electron chi connectivity index (χ4n) is 1.15. The second-order valence-corrected chi connectivity index (χ2v) is 2.71. The highest BCUT2D eigenvalue weighted by atomic mass is 16.5. The maximum absolute atomic E-state index is 9.67. The van der Waals surface area contributed by atoms with E-state index < -0.39 is 6.10 Å². The molecule has 0 aliphatic heterocycles. The lowest BCUT2D eigenvalue weighted by Crippen LogP contribution is -2.13. The van der Waals surface area contributed by atoms with Crippen LogP contribution in [-0.2, 0) is 4.74 Å². The molecule has 14 heavy (non-hydrogen) atoms. The molecule has 4 nitrogen and oxygen atoms in total. The molecule has 0 aliphatic carbocycles. The van der Waals surface area contributed by atoms with Gasteiger partial charge in [0.05, 0.1) is 14.2 Å². The van der Waals surface area contributed by atoms with Crippen LogP contribution in [0.5, 0.6) is 5.75 Å². The second kappa shape index (κ2) is 4.62. The van der Waals surface area contributed by atoms with E-state index in [9.17, 15) is 5.11 Å². The fraction of sp³-hybridized carbons (Fsp3) is 0.300. The molecule has 1 rings (SSSR count). The molecule has 0 saturated carbocycles. The molecule has 1 aromatic rings. The van der Waals surface area contributed by atoms with Gasteiger partial charge in [0.15, 0.2) is 6.10 Å². The number of benzene rings is 1. The number of aliphatic hydroxyl groups excluding tert-OH is 1. The van der Waals surface area contributed by atoms with E-state index in [1.165, 1.54) is 14.2 Å². The first-order valence-corrected chi connectivity index (χ1v) is 4.14. The van der Waals surface area contributed by atoms with E-state index in [-0.39, 0.29) is 5.90 Å². The summed E-state index contributed by atoms with van der Waals surface area (Å²) in [5.74, 6) is 0.344. The molecule has 76 valence electrons. The van der Waals surface area contributed by atoms with E-state index in [0.29, 0.717) is 11.3 Å². The molecule has 0 aromatic heterocycles. The number of nitrogens with one attached hydrogen (secondary N) is 1. The van der Waals surface area contributed by atoms with Crippen molar-refractivity contribution in [1.29, 1.82) is 5.41 Å². The molecular weight excluding hydrogens is 182 g/mol. The van der Waals surface area contributed by atoms with Crippen molar-refractivity contribution in [3.8, 4) is 5.75 Å². The van der Waals surface area contributed by atoms with Gasteiger partial charge in [-0.15, -0.1) is 0 Å². The molecule has 0 saturated heterocycles. The quantitative estimate of drug-likeness (QED) is 0.565. The highest BCUT2D eigenvalue weighted by Gasteiger charge is 2.17. The number of rotatable bonds is 3. The minimum absolute atomic E-state index is 0.200. The normalized spacial score (nSPS) is 11.9.